The van der Waals surface area contributed by atoms with E-state index in [4.69, 9.17) is 4.74 Å². The van der Waals surface area contributed by atoms with Crippen LogP contribution in [0.2, 0.25) is 0 Å². The SMILES string of the molecule is O=C(c1ccc(OC2CCCC2)cc1)C1CCCN1. The Hall–Kier alpha value is -1.35. The average molecular weight is 259 g/mol. The number of benzene rings is 1. The van der Waals surface area contributed by atoms with Gasteiger partial charge in [-0.1, -0.05) is 0 Å². The Morgan fingerprint density at radius 3 is 2.42 bits per heavy atom. The van der Waals surface area contributed by atoms with E-state index in [9.17, 15) is 4.79 Å². The van der Waals surface area contributed by atoms with Crippen LogP contribution in [0.15, 0.2) is 24.3 Å². The molecular weight excluding hydrogens is 238 g/mol. The molecule has 1 heterocycles. The predicted molar refractivity (Wildman–Crippen MR) is 74.7 cm³/mol. The first-order chi connectivity index (χ1) is 9.33. The quantitative estimate of drug-likeness (QED) is 0.845. The monoisotopic (exact) mass is 259 g/mol. The van der Waals surface area contributed by atoms with Crippen molar-refractivity contribution in [1.29, 1.82) is 0 Å². The molecule has 1 aromatic rings. The fraction of sp³-hybridized carbons (Fsp3) is 0.562. The number of ether oxygens (including phenoxy) is 1. The second-order valence-corrected chi connectivity index (χ2v) is 5.56. The first-order valence-electron chi connectivity index (χ1n) is 7.37. The second-order valence-electron chi connectivity index (χ2n) is 5.56. The van der Waals surface area contributed by atoms with E-state index >= 15 is 0 Å². The Balaban J connectivity index is 1.62. The van der Waals surface area contributed by atoms with E-state index in [2.05, 4.69) is 5.32 Å². The molecule has 1 aromatic carbocycles. The van der Waals surface area contributed by atoms with E-state index in [1.807, 2.05) is 24.3 Å². The normalized spacial score (nSPS) is 23.7. The smallest absolute Gasteiger partial charge is 0.179 e. The summed E-state index contributed by atoms with van der Waals surface area (Å²) < 4.78 is 5.91. The lowest BCUT2D eigenvalue weighted by Gasteiger charge is -2.14. The highest BCUT2D eigenvalue weighted by Crippen LogP contribution is 2.24. The van der Waals surface area contributed by atoms with E-state index in [1.165, 1.54) is 12.8 Å². The minimum atomic E-state index is 0.0154. The second kappa shape index (κ2) is 5.74. The van der Waals surface area contributed by atoms with Crippen LogP contribution in [0.25, 0.3) is 0 Å². The van der Waals surface area contributed by atoms with Crippen LogP contribution in [0.4, 0.5) is 0 Å². The third kappa shape index (κ3) is 2.98. The lowest BCUT2D eigenvalue weighted by molar-refractivity contribution is 0.0952. The van der Waals surface area contributed by atoms with Gasteiger partial charge in [0.1, 0.15) is 5.75 Å². The molecule has 1 saturated heterocycles. The largest absolute Gasteiger partial charge is 0.490 e. The molecule has 0 amide bonds. The van der Waals surface area contributed by atoms with Gasteiger partial charge in [0, 0.05) is 5.56 Å². The molecule has 2 aliphatic rings. The number of carbonyl (C=O) groups excluding carboxylic acids is 1. The van der Waals surface area contributed by atoms with Crippen molar-refractivity contribution in [2.24, 2.45) is 0 Å². The fourth-order valence-corrected chi connectivity index (χ4v) is 3.01. The molecule has 19 heavy (non-hydrogen) atoms. The van der Waals surface area contributed by atoms with E-state index in [0.717, 1.165) is 43.5 Å². The molecule has 1 aliphatic heterocycles. The summed E-state index contributed by atoms with van der Waals surface area (Å²) in [6, 6.07) is 7.67. The maximum absolute atomic E-state index is 12.2. The molecule has 1 saturated carbocycles. The first kappa shape index (κ1) is 12.7. The van der Waals surface area contributed by atoms with Crippen molar-refractivity contribution in [3.63, 3.8) is 0 Å². The third-order valence-electron chi connectivity index (χ3n) is 4.12. The van der Waals surface area contributed by atoms with Gasteiger partial charge in [-0.3, -0.25) is 4.79 Å². The van der Waals surface area contributed by atoms with Gasteiger partial charge in [0.15, 0.2) is 5.78 Å². The summed E-state index contributed by atoms with van der Waals surface area (Å²) in [5.74, 6) is 1.10. The molecule has 1 unspecified atom stereocenters. The first-order valence-corrected chi connectivity index (χ1v) is 7.37. The van der Waals surface area contributed by atoms with E-state index in [-0.39, 0.29) is 11.8 Å². The summed E-state index contributed by atoms with van der Waals surface area (Å²) >= 11 is 0. The predicted octanol–water partition coefficient (Wildman–Crippen LogP) is 2.94. The lowest BCUT2D eigenvalue weighted by Crippen LogP contribution is -2.30. The van der Waals surface area contributed by atoms with Crippen molar-refractivity contribution in [1.82, 2.24) is 5.32 Å². The molecule has 0 spiro atoms. The molecule has 1 aliphatic carbocycles. The zero-order valence-corrected chi connectivity index (χ0v) is 11.2. The minimum absolute atomic E-state index is 0.0154. The Kier molecular flexibility index (Phi) is 3.83. The number of Topliss-reactive ketones (excluding diaryl/α,β-unsaturated/α-hetero) is 1. The molecular formula is C16H21NO2. The van der Waals surface area contributed by atoms with Gasteiger partial charge in [0.05, 0.1) is 12.1 Å². The summed E-state index contributed by atoms with van der Waals surface area (Å²) in [5.41, 5.74) is 0.790. The van der Waals surface area contributed by atoms with Crippen LogP contribution in [0.3, 0.4) is 0 Å². The van der Waals surface area contributed by atoms with E-state index in [0.29, 0.717) is 6.10 Å². The van der Waals surface area contributed by atoms with Gasteiger partial charge in [-0.2, -0.15) is 0 Å². The van der Waals surface area contributed by atoms with Crippen LogP contribution in [-0.4, -0.2) is 24.5 Å². The van der Waals surface area contributed by atoms with Gasteiger partial charge >= 0.3 is 0 Å². The molecule has 3 nitrogen and oxygen atoms in total. The minimum Gasteiger partial charge on any atom is -0.490 e. The Morgan fingerprint density at radius 2 is 1.79 bits per heavy atom. The molecule has 3 heteroatoms. The highest BCUT2D eigenvalue weighted by molar-refractivity contribution is 6.00. The zero-order chi connectivity index (χ0) is 13.1. The Bertz CT molecular complexity index is 429. The highest BCUT2D eigenvalue weighted by Gasteiger charge is 2.23. The summed E-state index contributed by atoms with van der Waals surface area (Å²) in [6.07, 6.45) is 7.29. The number of rotatable bonds is 4. The van der Waals surface area contributed by atoms with Gasteiger partial charge in [-0.15, -0.1) is 0 Å². The van der Waals surface area contributed by atoms with Crippen LogP contribution in [0.5, 0.6) is 5.75 Å². The van der Waals surface area contributed by atoms with Gasteiger partial charge in [-0.25, -0.2) is 0 Å². The van der Waals surface area contributed by atoms with Crippen LogP contribution in [0.1, 0.15) is 48.9 Å². The van der Waals surface area contributed by atoms with Crippen LogP contribution >= 0.6 is 0 Å². The van der Waals surface area contributed by atoms with Gasteiger partial charge in [0.2, 0.25) is 0 Å². The standard InChI is InChI=1S/C16H21NO2/c18-16(15-6-3-11-17-15)12-7-9-14(10-8-12)19-13-4-1-2-5-13/h7-10,13,15,17H,1-6,11H2. The topological polar surface area (TPSA) is 38.3 Å². The lowest BCUT2D eigenvalue weighted by atomic mass is 10.0. The van der Waals surface area contributed by atoms with Crippen LogP contribution in [-0.2, 0) is 0 Å². The van der Waals surface area contributed by atoms with Gasteiger partial charge in [-0.05, 0) is 69.3 Å². The van der Waals surface area contributed by atoms with Gasteiger partial charge in [0.25, 0.3) is 0 Å². The Morgan fingerprint density at radius 1 is 1.05 bits per heavy atom. The van der Waals surface area contributed by atoms with Crippen molar-refractivity contribution in [2.45, 2.75) is 50.7 Å². The number of ketones is 1. The number of hydrogen-bond acceptors (Lipinski definition) is 3. The summed E-state index contributed by atoms with van der Waals surface area (Å²) in [6.45, 7) is 0.958. The summed E-state index contributed by atoms with van der Waals surface area (Å²) in [7, 11) is 0. The summed E-state index contributed by atoms with van der Waals surface area (Å²) in [4.78, 5) is 12.2. The Labute approximate surface area is 114 Å². The molecule has 3 rings (SSSR count). The third-order valence-corrected chi connectivity index (χ3v) is 4.12. The zero-order valence-electron chi connectivity index (χ0n) is 11.2. The van der Waals surface area contributed by atoms with E-state index in [1.54, 1.807) is 0 Å². The molecule has 2 fully saturated rings. The van der Waals surface area contributed by atoms with Crippen molar-refractivity contribution >= 4 is 5.78 Å². The average Bonchev–Trinajstić information content (AvgIpc) is 3.12. The van der Waals surface area contributed by atoms with Crippen LogP contribution < -0.4 is 10.1 Å². The molecule has 1 N–H and O–H groups in total. The molecule has 0 bridgehead atoms. The molecule has 102 valence electrons. The van der Waals surface area contributed by atoms with Crippen LogP contribution in [0, 0.1) is 0 Å². The molecule has 1 atom stereocenters. The maximum Gasteiger partial charge on any atom is 0.179 e. The van der Waals surface area contributed by atoms with E-state index < -0.39 is 0 Å². The highest BCUT2D eigenvalue weighted by atomic mass is 16.5. The summed E-state index contributed by atoms with van der Waals surface area (Å²) in [5, 5.41) is 3.25. The van der Waals surface area contributed by atoms with Gasteiger partial charge < -0.3 is 10.1 Å². The molecule has 0 aromatic heterocycles. The van der Waals surface area contributed by atoms with Crippen molar-refractivity contribution in [3.8, 4) is 5.75 Å². The van der Waals surface area contributed by atoms with Crippen molar-refractivity contribution < 1.29 is 9.53 Å². The number of nitrogens with one attached hydrogen (secondary N) is 1. The number of carbonyl (C=O) groups is 1. The number of hydrogen-bond donors (Lipinski definition) is 1. The fourth-order valence-electron chi connectivity index (χ4n) is 3.01. The van der Waals surface area contributed by atoms with Crippen molar-refractivity contribution in [2.75, 3.05) is 6.54 Å². The maximum atomic E-state index is 12.2. The van der Waals surface area contributed by atoms with Crippen molar-refractivity contribution in [3.05, 3.63) is 29.8 Å². The molecule has 0 radical (unpaired) electrons.